The molecule has 2 aromatic rings. The number of fused-ring (bicyclic) bond motifs is 3. The summed E-state index contributed by atoms with van der Waals surface area (Å²) in [6.07, 6.45) is 1.39. The molecule has 3 aliphatic rings. The Labute approximate surface area is 210 Å². The maximum atomic E-state index is 13.7. The van der Waals surface area contributed by atoms with Crippen LogP contribution in [-0.4, -0.2) is 73.5 Å². The fourth-order valence-corrected chi connectivity index (χ4v) is 6.06. The minimum atomic E-state index is -2.70. The van der Waals surface area contributed by atoms with Gasteiger partial charge in [-0.05, 0) is 62.2 Å². The lowest BCUT2D eigenvalue weighted by Crippen LogP contribution is -2.63. The number of phenolic OH excluding ortho intramolecular Hbond substituents is 1. The highest BCUT2D eigenvalue weighted by Gasteiger charge is 2.63. The number of rotatable bonds is 3. The number of benzene rings is 1. The Morgan fingerprint density at radius 1 is 1.16 bits per heavy atom. The lowest BCUT2D eigenvalue weighted by Gasteiger charge is -2.50. The van der Waals surface area contributed by atoms with Crippen LogP contribution in [0, 0.1) is 17.8 Å². The lowest BCUT2D eigenvalue weighted by atomic mass is 9.58. The van der Waals surface area contributed by atoms with Crippen LogP contribution in [0.3, 0.4) is 0 Å². The van der Waals surface area contributed by atoms with Crippen LogP contribution < -0.4 is 5.73 Å². The smallest absolute Gasteiger partial charge is 0.255 e. The number of Topliss-reactive ketones (excluding diaryl/α,β-unsaturated/α-hetero) is 2. The van der Waals surface area contributed by atoms with E-state index < -0.39 is 64.0 Å². The highest BCUT2D eigenvalue weighted by molar-refractivity contribution is 6.24. The molecule has 0 fully saturated rings. The number of aliphatic hydroxyl groups excluding tert-OH is 2. The van der Waals surface area contributed by atoms with Gasteiger partial charge in [-0.25, -0.2) is 4.98 Å². The predicted octanol–water partition coefficient (Wildman–Crippen LogP) is 1.32. The average Bonchev–Trinajstić information content (AvgIpc) is 2.82. The summed E-state index contributed by atoms with van der Waals surface area (Å²) in [6.45, 7) is 0. The van der Waals surface area contributed by atoms with Crippen LogP contribution in [0.4, 0.5) is 4.39 Å². The zero-order valence-electron chi connectivity index (χ0n) is 19.9. The van der Waals surface area contributed by atoms with Gasteiger partial charge in [-0.3, -0.25) is 19.3 Å². The number of hydrogen-bond acceptors (Lipinski definition) is 9. The van der Waals surface area contributed by atoms with E-state index in [1.54, 1.807) is 20.2 Å². The number of nitrogens with zero attached hydrogens (tertiary/aromatic N) is 2. The van der Waals surface area contributed by atoms with E-state index in [-0.39, 0.29) is 29.7 Å². The summed E-state index contributed by atoms with van der Waals surface area (Å²) >= 11 is 0. The molecule has 1 aromatic heterocycles. The Morgan fingerprint density at radius 3 is 2.46 bits per heavy atom. The first-order chi connectivity index (χ1) is 17.4. The summed E-state index contributed by atoms with van der Waals surface area (Å²) < 4.78 is 13.4. The zero-order chi connectivity index (χ0) is 27.0. The topological polar surface area (TPSA) is 174 Å². The van der Waals surface area contributed by atoms with E-state index in [0.717, 1.165) is 6.07 Å². The number of aromatic nitrogens is 1. The molecule has 0 radical (unpaired) electrons. The first-order valence-corrected chi connectivity index (χ1v) is 11.5. The minimum Gasteiger partial charge on any atom is -0.510 e. The molecule has 3 aliphatic carbocycles. The number of halogens is 1. The zero-order valence-corrected chi connectivity index (χ0v) is 19.9. The van der Waals surface area contributed by atoms with Crippen molar-refractivity contribution in [3.63, 3.8) is 0 Å². The Balaban J connectivity index is 1.72. The van der Waals surface area contributed by atoms with Crippen LogP contribution in [-0.2, 0) is 16.0 Å². The van der Waals surface area contributed by atoms with Crippen LogP contribution in [0.1, 0.15) is 22.3 Å². The van der Waals surface area contributed by atoms with Crippen molar-refractivity contribution in [3.05, 3.63) is 70.2 Å². The van der Waals surface area contributed by atoms with Gasteiger partial charge < -0.3 is 26.2 Å². The Kier molecular flexibility index (Phi) is 5.46. The largest absolute Gasteiger partial charge is 0.510 e. The molecular weight excluding hydrogens is 485 g/mol. The summed E-state index contributed by atoms with van der Waals surface area (Å²) in [5.74, 6) is -7.81. The molecule has 1 unspecified atom stereocenters. The average molecular weight is 509 g/mol. The maximum absolute atomic E-state index is 13.7. The number of ketones is 2. The van der Waals surface area contributed by atoms with E-state index in [2.05, 4.69) is 4.98 Å². The fourth-order valence-electron chi connectivity index (χ4n) is 6.06. The highest BCUT2D eigenvalue weighted by atomic mass is 19.1. The summed E-state index contributed by atoms with van der Waals surface area (Å²) in [5, 5.41) is 44.3. The van der Waals surface area contributed by atoms with Gasteiger partial charge in [-0.2, -0.15) is 4.39 Å². The van der Waals surface area contributed by atoms with E-state index in [1.165, 1.54) is 23.2 Å². The Bertz CT molecular complexity index is 1450. The number of aromatic hydroxyl groups is 1. The second-order valence-electron chi connectivity index (χ2n) is 9.82. The number of primary amides is 1. The van der Waals surface area contributed by atoms with Gasteiger partial charge in [-0.1, -0.05) is 6.07 Å². The number of carbonyl (C=O) groups is 3. The number of phenols is 1. The number of pyridine rings is 1. The first-order valence-electron chi connectivity index (χ1n) is 11.5. The molecule has 0 bridgehead atoms. The van der Waals surface area contributed by atoms with E-state index in [0.29, 0.717) is 16.7 Å². The Hall–Kier alpha value is -4.09. The van der Waals surface area contributed by atoms with Gasteiger partial charge in [0.2, 0.25) is 11.7 Å². The van der Waals surface area contributed by atoms with E-state index >= 15 is 0 Å². The fraction of sp³-hybridized carbons (Fsp3) is 0.308. The molecule has 1 amide bonds. The van der Waals surface area contributed by atoms with Crippen molar-refractivity contribution in [2.75, 3.05) is 14.1 Å². The number of amides is 1. The molecule has 1 aromatic carbocycles. The van der Waals surface area contributed by atoms with Crippen LogP contribution in [0.5, 0.6) is 5.75 Å². The highest BCUT2D eigenvalue weighted by Crippen LogP contribution is 2.53. The molecule has 0 saturated carbocycles. The number of aliphatic hydroxyl groups is 3. The second-order valence-corrected chi connectivity index (χ2v) is 9.82. The van der Waals surface area contributed by atoms with E-state index in [4.69, 9.17) is 5.73 Å². The summed E-state index contributed by atoms with van der Waals surface area (Å²) in [4.78, 5) is 44.2. The molecule has 6 N–H and O–H groups in total. The third-order valence-electron chi connectivity index (χ3n) is 7.64. The predicted molar refractivity (Wildman–Crippen MR) is 127 cm³/mol. The minimum absolute atomic E-state index is 0.0253. The van der Waals surface area contributed by atoms with Gasteiger partial charge in [-0.15, -0.1) is 0 Å². The third kappa shape index (κ3) is 3.31. The number of hydrogen-bond donors (Lipinski definition) is 5. The molecule has 11 heteroatoms. The van der Waals surface area contributed by atoms with Crippen molar-refractivity contribution >= 4 is 17.5 Å². The van der Waals surface area contributed by atoms with Crippen molar-refractivity contribution in [2.24, 2.45) is 17.6 Å². The molecule has 5 rings (SSSR count). The molecule has 4 atom stereocenters. The number of allylic oxidation sites excluding steroid dienone is 1. The number of likely N-dealkylation sites (N-methyl/N-ethyl adjacent to an activating group) is 1. The summed E-state index contributed by atoms with van der Waals surface area (Å²) in [5.41, 5.74) is 2.86. The summed E-state index contributed by atoms with van der Waals surface area (Å²) in [6, 6.07) is 4.43. The second kappa shape index (κ2) is 8.22. The molecule has 0 aliphatic heterocycles. The van der Waals surface area contributed by atoms with Gasteiger partial charge in [0.05, 0.1) is 11.6 Å². The van der Waals surface area contributed by atoms with Crippen molar-refractivity contribution in [2.45, 2.75) is 24.5 Å². The van der Waals surface area contributed by atoms with E-state index in [9.17, 15) is 39.2 Å². The maximum Gasteiger partial charge on any atom is 0.255 e. The van der Waals surface area contributed by atoms with Crippen LogP contribution in [0.15, 0.2) is 53.1 Å². The molecular formula is C26H24FN3O7. The van der Waals surface area contributed by atoms with Gasteiger partial charge in [0.25, 0.3) is 5.91 Å². The number of carbonyl (C=O) groups excluding carboxylic acids is 3. The SMILES string of the molecule is CN(C)C1C(O)=C(C(N)=O)C(=O)[C@@]2(O)C(O)=C3C(=O)c4c(O)ccc(-c5ccc(F)nc5)c4C[C@H]3C[C@@H]12. The van der Waals surface area contributed by atoms with Gasteiger partial charge in [0.15, 0.2) is 11.4 Å². The van der Waals surface area contributed by atoms with Crippen molar-refractivity contribution in [1.82, 2.24) is 9.88 Å². The lowest BCUT2D eigenvalue weighted by molar-refractivity contribution is -0.148. The van der Waals surface area contributed by atoms with E-state index in [1.807, 2.05) is 0 Å². The van der Waals surface area contributed by atoms with Gasteiger partial charge in [0.1, 0.15) is 22.8 Å². The first kappa shape index (κ1) is 24.6. The molecule has 0 spiro atoms. The van der Waals surface area contributed by atoms with Crippen molar-refractivity contribution in [1.29, 1.82) is 0 Å². The third-order valence-corrected chi connectivity index (χ3v) is 7.64. The quantitative estimate of drug-likeness (QED) is 0.302. The van der Waals surface area contributed by atoms with Crippen LogP contribution in [0.25, 0.3) is 11.1 Å². The molecule has 0 saturated heterocycles. The molecule has 1 heterocycles. The van der Waals surface area contributed by atoms with Crippen LogP contribution >= 0.6 is 0 Å². The van der Waals surface area contributed by atoms with Gasteiger partial charge >= 0.3 is 0 Å². The van der Waals surface area contributed by atoms with Crippen LogP contribution in [0.2, 0.25) is 0 Å². The normalized spacial score (nSPS) is 27.2. The Morgan fingerprint density at radius 2 is 1.86 bits per heavy atom. The summed E-state index contributed by atoms with van der Waals surface area (Å²) in [7, 11) is 3.12. The van der Waals surface area contributed by atoms with Crippen molar-refractivity contribution < 1.29 is 39.2 Å². The molecule has 10 nitrogen and oxygen atoms in total. The van der Waals surface area contributed by atoms with Crippen molar-refractivity contribution in [3.8, 4) is 16.9 Å². The van der Waals surface area contributed by atoms with Gasteiger partial charge in [0, 0.05) is 23.3 Å². The standard InChI is InChI=1S/C26H24FN3O7/c1-30(2)20-14-8-11-7-13-12(10-3-6-16(27)29-9-10)4-5-15(31)18(13)21(32)17(11)23(34)26(14,37)24(35)19(22(20)33)25(28)36/h3-6,9,11,14,20,31,33-34,37H,7-8H2,1-2H3,(H2,28,36)/t11-,14-,20?,26-/m0/s1. The molecule has 192 valence electrons. The molecule has 37 heavy (non-hydrogen) atoms. The monoisotopic (exact) mass is 509 g/mol. The number of nitrogens with two attached hydrogens (primary N) is 1.